The Labute approximate surface area is 195 Å². The van der Waals surface area contributed by atoms with Crippen LogP contribution in [-0.2, 0) is 0 Å². The molecule has 2 rings (SSSR count). The SMILES string of the molecule is COc1ccc(S/C(N)=C(C#N)/C(C#N)=C(\N)Sc2ccc(OC)c(OC)c2)cc1OC. The van der Waals surface area contributed by atoms with Gasteiger partial charge in [0.2, 0.25) is 0 Å². The number of allylic oxidation sites excluding steroid dienone is 2. The second-order valence-corrected chi connectivity index (χ2v) is 8.17. The topological polar surface area (TPSA) is 137 Å². The lowest BCUT2D eigenvalue weighted by Gasteiger charge is -2.11. The van der Waals surface area contributed by atoms with Crippen molar-refractivity contribution in [1.82, 2.24) is 0 Å². The van der Waals surface area contributed by atoms with Crippen LogP contribution < -0.4 is 30.4 Å². The van der Waals surface area contributed by atoms with Gasteiger partial charge in [-0.25, -0.2) is 0 Å². The van der Waals surface area contributed by atoms with Crippen LogP contribution in [0.15, 0.2) is 67.4 Å². The molecule has 0 amide bonds. The molecule has 0 saturated carbocycles. The number of hydrogen-bond donors (Lipinski definition) is 2. The van der Waals surface area contributed by atoms with Gasteiger partial charge in [-0.05, 0) is 36.4 Å². The van der Waals surface area contributed by atoms with E-state index in [1.807, 2.05) is 12.1 Å². The molecule has 2 aromatic rings. The molecule has 10 heteroatoms. The summed E-state index contributed by atoms with van der Waals surface area (Å²) in [4.78, 5) is 1.41. The molecule has 166 valence electrons. The molecule has 0 aromatic heterocycles. The van der Waals surface area contributed by atoms with Crippen molar-refractivity contribution < 1.29 is 18.9 Å². The maximum atomic E-state index is 9.69. The average Bonchev–Trinajstić information content (AvgIpc) is 2.81. The van der Waals surface area contributed by atoms with Gasteiger partial charge >= 0.3 is 0 Å². The number of ether oxygens (including phenoxy) is 4. The van der Waals surface area contributed by atoms with E-state index in [9.17, 15) is 10.5 Å². The number of nitriles is 2. The van der Waals surface area contributed by atoms with Crippen molar-refractivity contribution in [2.75, 3.05) is 28.4 Å². The molecule has 0 heterocycles. The van der Waals surface area contributed by atoms with E-state index >= 15 is 0 Å². The summed E-state index contributed by atoms with van der Waals surface area (Å²) in [6.07, 6.45) is 0. The van der Waals surface area contributed by atoms with Gasteiger partial charge in [0.15, 0.2) is 23.0 Å². The lowest BCUT2D eigenvalue weighted by molar-refractivity contribution is 0.354. The number of nitrogens with two attached hydrogens (primary N) is 2. The Bertz CT molecular complexity index is 1040. The molecule has 0 aliphatic heterocycles. The first-order chi connectivity index (χ1) is 15.4. The van der Waals surface area contributed by atoms with Crippen LogP contribution in [0.4, 0.5) is 0 Å². The first kappa shape index (κ1) is 24.7. The summed E-state index contributed by atoms with van der Waals surface area (Å²) in [5.41, 5.74) is 12.3. The van der Waals surface area contributed by atoms with Crippen molar-refractivity contribution in [1.29, 1.82) is 10.5 Å². The third-order valence-corrected chi connectivity index (χ3v) is 5.96. The molecule has 0 aliphatic rings. The van der Waals surface area contributed by atoms with Crippen LogP contribution in [0.5, 0.6) is 23.0 Å². The molecule has 4 N–H and O–H groups in total. The molecule has 0 atom stereocenters. The minimum atomic E-state index is -0.0160. The molecule has 0 radical (unpaired) electrons. The lowest BCUT2D eigenvalue weighted by Crippen LogP contribution is -2.05. The van der Waals surface area contributed by atoms with Gasteiger partial charge in [-0.2, -0.15) is 10.5 Å². The second kappa shape index (κ2) is 11.7. The Kier molecular flexibility index (Phi) is 9.02. The van der Waals surface area contributed by atoms with E-state index in [-0.39, 0.29) is 21.2 Å². The van der Waals surface area contributed by atoms with Gasteiger partial charge in [0.1, 0.15) is 23.3 Å². The van der Waals surface area contributed by atoms with Crippen LogP contribution in [0.2, 0.25) is 0 Å². The molecule has 0 aliphatic carbocycles. The van der Waals surface area contributed by atoms with Gasteiger partial charge in [-0.3, -0.25) is 0 Å². The van der Waals surface area contributed by atoms with Crippen molar-refractivity contribution in [3.63, 3.8) is 0 Å². The van der Waals surface area contributed by atoms with Gasteiger partial charge in [0.25, 0.3) is 0 Å². The molecular weight excluding hydrogens is 448 g/mol. The molecule has 8 nitrogen and oxygen atoms in total. The summed E-state index contributed by atoms with van der Waals surface area (Å²) in [5.74, 6) is 2.16. The van der Waals surface area contributed by atoms with Crippen LogP contribution in [0.3, 0.4) is 0 Å². The second-order valence-electron chi connectivity index (χ2n) is 5.94. The average molecular weight is 471 g/mol. The van der Waals surface area contributed by atoms with Gasteiger partial charge in [-0.15, -0.1) is 0 Å². The molecule has 2 aromatic carbocycles. The van der Waals surface area contributed by atoms with E-state index in [0.717, 1.165) is 23.5 Å². The first-order valence-electron chi connectivity index (χ1n) is 9.02. The third kappa shape index (κ3) is 5.76. The number of hydrogen-bond acceptors (Lipinski definition) is 10. The Balaban J connectivity index is 2.39. The fraction of sp³-hybridized carbons (Fsp3) is 0.182. The monoisotopic (exact) mass is 470 g/mol. The zero-order chi connectivity index (χ0) is 23.7. The zero-order valence-corrected chi connectivity index (χ0v) is 19.6. The van der Waals surface area contributed by atoms with Crippen molar-refractivity contribution in [3.05, 3.63) is 57.6 Å². The Morgan fingerprint density at radius 1 is 0.656 bits per heavy atom. The molecule has 0 spiro atoms. The number of thioether (sulfide) groups is 2. The highest BCUT2D eigenvalue weighted by Gasteiger charge is 2.17. The van der Waals surface area contributed by atoms with Crippen LogP contribution in [-0.4, -0.2) is 28.4 Å². The predicted octanol–water partition coefficient (Wildman–Crippen LogP) is 3.99. The van der Waals surface area contributed by atoms with Crippen LogP contribution in [0.25, 0.3) is 0 Å². The fourth-order valence-electron chi connectivity index (χ4n) is 2.58. The normalized spacial score (nSPS) is 11.9. The number of nitrogens with zero attached hydrogens (tertiary/aromatic N) is 2. The van der Waals surface area contributed by atoms with Gasteiger partial charge in [-0.1, -0.05) is 23.5 Å². The summed E-state index contributed by atoms with van der Waals surface area (Å²) in [6.45, 7) is 0. The first-order valence-corrected chi connectivity index (χ1v) is 10.6. The zero-order valence-electron chi connectivity index (χ0n) is 18.0. The maximum Gasteiger partial charge on any atom is 0.161 e. The van der Waals surface area contributed by atoms with Crippen molar-refractivity contribution in [2.24, 2.45) is 11.5 Å². The Morgan fingerprint density at radius 2 is 1.00 bits per heavy atom. The van der Waals surface area contributed by atoms with Crippen molar-refractivity contribution >= 4 is 23.5 Å². The highest BCUT2D eigenvalue weighted by Crippen LogP contribution is 2.37. The highest BCUT2D eigenvalue weighted by atomic mass is 32.2. The molecule has 0 saturated heterocycles. The van der Waals surface area contributed by atoms with E-state index in [2.05, 4.69) is 0 Å². The van der Waals surface area contributed by atoms with Crippen molar-refractivity contribution in [2.45, 2.75) is 9.79 Å². The minimum absolute atomic E-state index is 0.0160. The number of methoxy groups -OCH3 is 4. The highest BCUT2D eigenvalue weighted by molar-refractivity contribution is 8.03. The lowest BCUT2D eigenvalue weighted by atomic mass is 10.1. The summed E-state index contributed by atoms with van der Waals surface area (Å²) >= 11 is 2.23. The van der Waals surface area contributed by atoms with Crippen molar-refractivity contribution in [3.8, 4) is 35.1 Å². The smallest absolute Gasteiger partial charge is 0.161 e. The fourth-order valence-corrected chi connectivity index (χ4v) is 4.20. The number of benzene rings is 2. The van der Waals surface area contributed by atoms with E-state index < -0.39 is 0 Å². The summed E-state index contributed by atoms with van der Waals surface area (Å²) < 4.78 is 21.0. The van der Waals surface area contributed by atoms with E-state index in [0.29, 0.717) is 32.8 Å². The minimum Gasteiger partial charge on any atom is -0.493 e. The van der Waals surface area contributed by atoms with E-state index in [1.165, 1.54) is 28.4 Å². The Morgan fingerprint density at radius 3 is 1.28 bits per heavy atom. The van der Waals surface area contributed by atoms with E-state index in [1.54, 1.807) is 36.4 Å². The quantitative estimate of drug-likeness (QED) is 0.314. The predicted molar refractivity (Wildman–Crippen MR) is 124 cm³/mol. The molecular formula is C22H22N4O4S2. The van der Waals surface area contributed by atoms with Crippen LogP contribution >= 0.6 is 23.5 Å². The number of rotatable bonds is 9. The van der Waals surface area contributed by atoms with E-state index in [4.69, 9.17) is 30.4 Å². The van der Waals surface area contributed by atoms with Gasteiger partial charge in [0.05, 0.1) is 38.5 Å². The maximum absolute atomic E-state index is 9.69. The molecule has 0 fully saturated rings. The molecule has 32 heavy (non-hydrogen) atoms. The van der Waals surface area contributed by atoms with Gasteiger partial charge < -0.3 is 30.4 Å². The summed E-state index contributed by atoms with van der Waals surface area (Å²) in [6, 6.07) is 14.4. The molecule has 0 bridgehead atoms. The summed E-state index contributed by atoms with van der Waals surface area (Å²) in [5, 5.41) is 19.6. The Hall–Kier alpha value is -3.60. The van der Waals surface area contributed by atoms with Gasteiger partial charge in [0, 0.05) is 9.79 Å². The largest absolute Gasteiger partial charge is 0.493 e. The summed E-state index contributed by atoms with van der Waals surface area (Å²) in [7, 11) is 6.12. The standard InChI is InChI=1S/C22H22N4O4S2/c1-27-17-7-5-13(9-19(17)29-3)31-21(25)15(11-23)16(12-24)22(26)32-14-6-8-18(28-2)20(10-14)30-4/h5-10H,25-26H2,1-4H3/b21-15+,22-16+. The molecule has 0 unspecified atom stereocenters. The third-order valence-electron chi connectivity index (χ3n) is 4.13. The van der Waals surface area contributed by atoms with Crippen LogP contribution in [0, 0.1) is 22.7 Å². The van der Waals surface area contributed by atoms with Crippen LogP contribution in [0.1, 0.15) is 0 Å².